The molecule has 6 heteroatoms. The molecule has 0 aliphatic heterocycles. The number of rotatable bonds is 6. The SMILES string of the molecule is CCC(Sc1nnc(C2CC2)n1C1CC1)C(N)=O. The van der Waals surface area contributed by atoms with E-state index in [0.29, 0.717) is 12.0 Å². The summed E-state index contributed by atoms with van der Waals surface area (Å²) in [6.45, 7) is 1.97. The van der Waals surface area contributed by atoms with E-state index in [0.717, 1.165) is 17.4 Å². The van der Waals surface area contributed by atoms with Gasteiger partial charge in [0, 0.05) is 12.0 Å². The molecule has 3 rings (SSSR count). The average Bonchev–Trinajstić information content (AvgIpc) is 3.24. The van der Waals surface area contributed by atoms with Gasteiger partial charge < -0.3 is 10.3 Å². The normalized spacial score (nSPS) is 20.9. The second-order valence-electron chi connectivity index (χ2n) is 5.13. The molecule has 0 spiro atoms. The lowest BCUT2D eigenvalue weighted by Gasteiger charge is -2.12. The van der Waals surface area contributed by atoms with Crippen molar-refractivity contribution in [1.29, 1.82) is 0 Å². The number of carbonyl (C=O) groups is 1. The second kappa shape index (κ2) is 4.57. The van der Waals surface area contributed by atoms with E-state index in [-0.39, 0.29) is 11.2 Å². The predicted molar refractivity (Wildman–Crippen MR) is 69.4 cm³/mol. The van der Waals surface area contributed by atoms with Gasteiger partial charge in [-0.2, -0.15) is 0 Å². The maximum Gasteiger partial charge on any atom is 0.231 e. The average molecular weight is 266 g/mol. The van der Waals surface area contributed by atoms with E-state index in [2.05, 4.69) is 14.8 Å². The monoisotopic (exact) mass is 266 g/mol. The van der Waals surface area contributed by atoms with Gasteiger partial charge in [-0.15, -0.1) is 10.2 Å². The highest BCUT2D eigenvalue weighted by molar-refractivity contribution is 8.00. The summed E-state index contributed by atoms with van der Waals surface area (Å²) in [5.74, 6) is 1.46. The first-order chi connectivity index (χ1) is 8.70. The fourth-order valence-corrected chi connectivity index (χ4v) is 3.12. The van der Waals surface area contributed by atoms with E-state index in [1.54, 1.807) is 0 Å². The van der Waals surface area contributed by atoms with E-state index in [1.165, 1.54) is 37.4 Å². The lowest BCUT2D eigenvalue weighted by atomic mass is 10.3. The molecule has 1 aromatic rings. The zero-order valence-electron chi connectivity index (χ0n) is 10.5. The summed E-state index contributed by atoms with van der Waals surface area (Å²) < 4.78 is 2.26. The van der Waals surface area contributed by atoms with Crippen molar-refractivity contribution in [3.63, 3.8) is 0 Å². The van der Waals surface area contributed by atoms with Gasteiger partial charge in [0.15, 0.2) is 5.16 Å². The lowest BCUT2D eigenvalue weighted by Crippen LogP contribution is -2.25. The van der Waals surface area contributed by atoms with Gasteiger partial charge in [-0.05, 0) is 32.1 Å². The molecule has 1 amide bonds. The summed E-state index contributed by atoms with van der Waals surface area (Å²) in [6.07, 6.45) is 5.60. The highest BCUT2D eigenvalue weighted by atomic mass is 32.2. The molecule has 5 nitrogen and oxygen atoms in total. The smallest absolute Gasteiger partial charge is 0.231 e. The largest absolute Gasteiger partial charge is 0.369 e. The van der Waals surface area contributed by atoms with Crippen LogP contribution in [0.15, 0.2) is 5.16 Å². The van der Waals surface area contributed by atoms with Gasteiger partial charge in [-0.3, -0.25) is 4.79 Å². The molecule has 0 saturated heterocycles. The van der Waals surface area contributed by atoms with Crippen molar-refractivity contribution >= 4 is 17.7 Å². The van der Waals surface area contributed by atoms with Crippen LogP contribution in [0.4, 0.5) is 0 Å². The Morgan fingerprint density at radius 1 is 1.44 bits per heavy atom. The first-order valence-electron chi connectivity index (χ1n) is 6.61. The van der Waals surface area contributed by atoms with E-state index in [4.69, 9.17) is 5.73 Å². The first-order valence-corrected chi connectivity index (χ1v) is 7.49. The highest BCUT2D eigenvalue weighted by Gasteiger charge is 2.37. The molecule has 1 unspecified atom stereocenters. The van der Waals surface area contributed by atoms with Gasteiger partial charge in [-0.25, -0.2) is 0 Å². The van der Waals surface area contributed by atoms with Crippen LogP contribution in [0.25, 0.3) is 0 Å². The number of hydrogen-bond acceptors (Lipinski definition) is 4. The van der Waals surface area contributed by atoms with Crippen LogP contribution in [0.5, 0.6) is 0 Å². The van der Waals surface area contributed by atoms with Crippen molar-refractivity contribution in [3.05, 3.63) is 5.82 Å². The third kappa shape index (κ3) is 2.25. The molecule has 1 heterocycles. The topological polar surface area (TPSA) is 73.8 Å². The van der Waals surface area contributed by atoms with Crippen LogP contribution in [0.3, 0.4) is 0 Å². The Labute approximate surface area is 111 Å². The van der Waals surface area contributed by atoms with Crippen molar-refractivity contribution in [3.8, 4) is 0 Å². The number of primary amides is 1. The summed E-state index contributed by atoms with van der Waals surface area (Å²) in [4.78, 5) is 11.3. The first kappa shape index (κ1) is 12.0. The van der Waals surface area contributed by atoms with Crippen LogP contribution in [0.1, 0.15) is 56.8 Å². The Morgan fingerprint density at radius 2 is 2.17 bits per heavy atom. The van der Waals surface area contributed by atoms with Crippen molar-refractivity contribution < 1.29 is 4.79 Å². The van der Waals surface area contributed by atoms with Crippen molar-refractivity contribution in [2.24, 2.45) is 5.73 Å². The summed E-state index contributed by atoms with van der Waals surface area (Å²) >= 11 is 1.47. The number of carbonyl (C=O) groups excluding carboxylic acids is 1. The number of amides is 1. The molecular weight excluding hydrogens is 248 g/mol. The summed E-state index contributed by atoms with van der Waals surface area (Å²) in [7, 11) is 0. The number of nitrogens with two attached hydrogens (primary N) is 1. The third-order valence-corrected chi connectivity index (χ3v) is 4.82. The summed E-state index contributed by atoms with van der Waals surface area (Å²) in [5.41, 5.74) is 5.40. The maximum absolute atomic E-state index is 11.3. The zero-order chi connectivity index (χ0) is 12.7. The molecule has 1 atom stereocenters. The molecule has 0 radical (unpaired) electrons. The van der Waals surface area contributed by atoms with Crippen LogP contribution >= 0.6 is 11.8 Å². The quantitative estimate of drug-likeness (QED) is 0.797. The minimum Gasteiger partial charge on any atom is -0.369 e. The van der Waals surface area contributed by atoms with E-state index in [9.17, 15) is 4.79 Å². The minimum atomic E-state index is -0.263. The van der Waals surface area contributed by atoms with Crippen LogP contribution in [0.2, 0.25) is 0 Å². The van der Waals surface area contributed by atoms with Crippen LogP contribution in [0, 0.1) is 0 Å². The molecule has 0 aromatic carbocycles. The van der Waals surface area contributed by atoms with Crippen molar-refractivity contribution in [2.45, 2.75) is 61.4 Å². The van der Waals surface area contributed by atoms with Crippen LogP contribution in [-0.4, -0.2) is 25.9 Å². The second-order valence-corrected chi connectivity index (χ2v) is 6.30. The number of aromatic nitrogens is 3. The molecule has 2 fully saturated rings. The Balaban J connectivity index is 1.84. The third-order valence-electron chi connectivity index (χ3n) is 3.48. The van der Waals surface area contributed by atoms with Gasteiger partial charge in [0.05, 0.1) is 5.25 Å². The Kier molecular flexibility index (Phi) is 3.05. The van der Waals surface area contributed by atoms with Gasteiger partial charge in [-0.1, -0.05) is 18.7 Å². The molecule has 18 heavy (non-hydrogen) atoms. The summed E-state index contributed by atoms with van der Waals surface area (Å²) in [6, 6.07) is 0.559. The highest BCUT2D eigenvalue weighted by Crippen LogP contribution is 2.46. The fourth-order valence-electron chi connectivity index (χ4n) is 2.13. The molecule has 2 aliphatic rings. The van der Waals surface area contributed by atoms with Crippen LogP contribution in [-0.2, 0) is 4.79 Å². The Hall–Kier alpha value is -1.04. The molecule has 2 saturated carbocycles. The van der Waals surface area contributed by atoms with E-state index >= 15 is 0 Å². The lowest BCUT2D eigenvalue weighted by molar-refractivity contribution is -0.117. The molecule has 1 aromatic heterocycles. The number of thioether (sulfide) groups is 1. The van der Waals surface area contributed by atoms with Crippen LogP contribution < -0.4 is 5.73 Å². The Morgan fingerprint density at radius 3 is 2.67 bits per heavy atom. The van der Waals surface area contributed by atoms with Crippen molar-refractivity contribution in [1.82, 2.24) is 14.8 Å². The van der Waals surface area contributed by atoms with E-state index in [1.807, 2.05) is 6.92 Å². The van der Waals surface area contributed by atoms with Gasteiger partial charge in [0.25, 0.3) is 0 Å². The maximum atomic E-state index is 11.3. The molecule has 98 valence electrons. The van der Waals surface area contributed by atoms with Gasteiger partial charge >= 0.3 is 0 Å². The van der Waals surface area contributed by atoms with Crippen molar-refractivity contribution in [2.75, 3.05) is 0 Å². The standard InChI is InChI=1S/C12H18N4OS/c1-2-9(10(13)17)18-12-15-14-11(7-3-4-7)16(12)8-5-6-8/h7-9H,2-6H2,1H3,(H2,13,17). The molecular formula is C12H18N4OS. The number of nitrogens with zero attached hydrogens (tertiary/aromatic N) is 3. The zero-order valence-corrected chi connectivity index (χ0v) is 11.3. The van der Waals surface area contributed by atoms with Gasteiger partial charge in [0.1, 0.15) is 5.82 Å². The van der Waals surface area contributed by atoms with E-state index < -0.39 is 0 Å². The fraction of sp³-hybridized carbons (Fsp3) is 0.750. The predicted octanol–water partition coefficient (Wildman–Crippen LogP) is 1.85. The molecule has 2 N–H and O–H groups in total. The summed E-state index contributed by atoms with van der Waals surface area (Å²) in [5, 5.41) is 9.29. The minimum absolute atomic E-state index is 0.196. The Bertz CT molecular complexity index is 465. The van der Waals surface area contributed by atoms with Gasteiger partial charge in [0.2, 0.25) is 5.91 Å². The molecule has 0 bridgehead atoms. The molecule has 2 aliphatic carbocycles. The number of hydrogen-bond donors (Lipinski definition) is 1.